The minimum absolute atomic E-state index is 0.0291. The second-order valence-electron chi connectivity index (χ2n) is 6.44. The van der Waals surface area contributed by atoms with Gasteiger partial charge in [0.05, 0.1) is 13.2 Å². The van der Waals surface area contributed by atoms with Crippen LogP contribution in [0.2, 0.25) is 0 Å². The summed E-state index contributed by atoms with van der Waals surface area (Å²) in [5.74, 6) is -0.108. The molecule has 1 rings (SSSR count). The molecule has 0 unspecified atom stereocenters. The van der Waals surface area contributed by atoms with Gasteiger partial charge in [-0.25, -0.2) is 0 Å². The molecule has 1 saturated heterocycles. The lowest BCUT2D eigenvalue weighted by molar-refractivity contribution is -0.140. The lowest BCUT2D eigenvalue weighted by Gasteiger charge is -2.05. The largest absolute Gasteiger partial charge is 0.469 e. The molecule has 0 aromatic heterocycles. The SMILES string of the molecule is CCCCC[C@H](O)[C@@H]1O[C@@H]1/C=C\CCCCCCCC(=O)OC. The number of aliphatic hydroxyl groups excluding tert-OH is 1. The highest BCUT2D eigenvalue weighted by Gasteiger charge is 2.41. The number of methoxy groups -OCH3 is 1. The van der Waals surface area contributed by atoms with Crippen LogP contribution in [0.25, 0.3) is 0 Å². The number of carbonyl (C=O) groups is 1. The third kappa shape index (κ3) is 9.77. The van der Waals surface area contributed by atoms with Crippen LogP contribution in [0.5, 0.6) is 0 Å². The average Bonchev–Trinajstić information content (AvgIpc) is 3.32. The van der Waals surface area contributed by atoms with Crippen molar-refractivity contribution in [3.05, 3.63) is 12.2 Å². The van der Waals surface area contributed by atoms with Gasteiger partial charge in [-0.3, -0.25) is 4.79 Å². The molecule has 0 saturated carbocycles. The molecule has 0 amide bonds. The molecule has 0 aromatic carbocycles. The van der Waals surface area contributed by atoms with Crippen molar-refractivity contribution < 1.29 is 19.4 Å². The topological polar surface area (TPSA) is 59.1 Å². The molecule has 1 aliphatic heterocycles. The van der Waals surface area contributed by atoms with Gasteiger partial charge in [0, 0.05) is 6.42 Å². The second-order valence-corrected chi connectivity index (χ2v) is 6.44. The van der Waals surface area contributed by atoms with Crippen LogP contribution in [0.4, 0.5) is 0 Å². The summed E-state index contributed by atoms with van der Waals surface area (Å²) in [4.78, 5) is 10.9. The first-order valence-electron chi connectivity index (χ1n) is 9.26. The number of hydrogen-bond donors (Lipinski definition) is 1. The number of esters is 1. The summed E-state index contributed by atoms with van der Waals surface area (Å²) in [6.07, 6.45) is 15.6. The summed E-state index contributed by atoms with van der Waals surface area (Å²) in [5.41, 5.74) is 0. The molecule has 4 heteroatoms. The first-order chi connectivity index (χ1) is 11.2. The van der Waals surface area contributed by atoms with Crippen LogP contribution in [0.3, 0.4) is 0 Å². The Labute approximate surface area is 141 Å². The van der Waals surface area contributed by atoms with Crippen molar-refractivity contribution in [2.75, 3.05) is 7.11 Å². The quantitative estimate of drug-likeness (QED) is 0.225. The van der Waals surface area contributed by atoms with Gasteiger partial charge in [0.2, 0.25) is 0 Å². The average molecular weight is 326 g/mol. The Balaban J connectivity index is 1.91. The minimum Gasteiger partial charge on any atom is -0.469 e. The van der Waals surface area contributed by atoms with Crippen LogP contribution >= 0.6 is 0 Å². The zero-order valence-corrected chi connectivity index (χ0v) is 14.8. The van der Waals surface area contributed by atoms with Crippen molar-refractivity contribution in [3.63, 3.8) is 0 Å². The molecule has 23 heavy (non-hydrogen) atoms. The van der Waals surface area contributed by atoms with Crippen LogP contribution in [0, 0.1) is 0 Å². The predicted octanol–water partition coefficient (Wildman–Crippen LogP) is 4.15. The van der Waals surface area contributed by atoms with E-state index in [0.717, 1.165) is 32.1 Å². The standard InChI is InChI=1S/C19H34O4/c1-3-4-10-13-16(20)19-17(23-19)14-11-8-6-5-7-9-12-15-18(21)22-2/h11,14,16-17,19-20H,3-10,12-13,15H2,1-2H3/b14-11-/t16-,17+,19-/m0/s1. The van der Waals surface area contributed by atoms with Gasteiger partial charge in [0.1, 0.15) is 12.2 Å². The number of epoxide rings is 1. The molecular formula is C19H34O4. The zero-order valence-electron chi connectivity index (χ0n) is 14.8. The molecule has 3 atom stereocenters. The Kier molecular flexibility index (Phi) is 11.0. The molecule has 0 radical (unpaired) electrons. The van der Waals surface area contributed by atoms with Crippen molar-refractivity contribution in [3.8, 4) is 0 Å². The van der Waals surface area contributed by atoms with Gasteiger partial charge < -0.3 is 14.6 Å². The molecule has 1 heterocycles. The number of carbonyl (C=O) groups excluding carboxylic acids is 1. The van der Waals surface area contributed by atoms with E-state index >= 15 is 0 Å². The summed E-state index contributed by atoms with van der Waals surface area (Å²) < 4.78 is 10.1. The van der Waals surface area contributed by atoms with Crippen molar-refractivity contribution in [2.45, 2.75) is 95.9 Å². The molecule has 1 N–H and O–H groups in total. The minimum atomic E-state index is -0.300. The van der Waals surface area contributed by atoms with Crippen LogP contribution < -0.4 is 0 Å². The fourth-order valence-electron chi connectivity index (χ4n) is 2.76. The van der Waals surface area contributed by atoms with E-state index in [4.69, 9.17) is 4.74 Å². The van der Waals surface area contributed by atoms with Crippen molar-refractivity contribution in [1.82, 2.24) is 0 Å². The van der Waals surface area contributed by atoms with Gasteiger partial charge in [0.25, 0.3) is 0 Å². The number of ether oxygens (including phenoxy) is 2. The second kappa shape index (κ2) is 12.5. The Bertz CT molecular complexity index is 340. The van der Waals surface area contributed by atoms with Crippen LogP contribution in [0.15, 0.2) is 12.2 Å². The van der Waals surface area contributed by atoms with Crippen molar-refractivity contribution in [2.24, 2.45) is 0 Å². The van der Waals surface area contributed by atoms with E-state index in [0.29, 0.717) is 6.42 Å². The number of rotatable bonds is 14. The lowest BCUT2D eigenvalue weighted by Crippen LogP contribution is -2.16. The maximum Gasteiger partial charge on any atom is 0.305 e. The molecular weight excluding hydrogens is 292 g/mol. The lowest BCUT2D eigenvalue weighted by atomic mass is 10.1. The maximum atomic E-state index is 10.9. The number of aliphatic hydroxyl groups is 1. The molecule has 0 spiro atoms. The highest BCUT2D eigenvalue weighted by molar-refractivity contribution is 5.68. The molecule has 1 aliphatic rings. The number of allylic oxidation sites excluding steroid dienone is 1. The van der Waals surface area contributed by atoms with E-state index in [1.807, 2.05) is 0 Å². The monoisotopic (exact) mass is 326 g/mol. The van der Waals surface area contributed by atoms with Gasteiger partial charge in [-0.2, -0.15) is 0 Å². The number of hydrogen-bond acceptors (Lipinski definition) is 4. The van der Waals surface area contributed by atoms with Gasteiger partial charge in [0.15, 0.2) is 0 Å². The van der Waals surface area contributed by atoms with Gasteiger partial charge in [-0.1, -0.05) is 57.6 Å². The van der Waals surface area contributed by atoms with Gasteiger partial charge >= 0.3 is 5.97 Å². The van der Waals surface area contributed by atoms with E-state index in [9.17, 15) is 9.90 Å². The predicted molar refractivity (Wildman–Crippen MR) is 92.3 cm³/mol. The smallest absolute Gasteiger partial charge is 0.305 e. The molecule has 134 valence electrons. The summed E-state index contributed by atoms with van der Waals surface area (Å²) in [6.45, 7) is 2.17. The number of unbranched alkanes of at least 4 members (excludes halogenated alkanes) is 7. The molecule has 0 aromatic rings. The van der Waals surface area contributed by atoms with Gasteiger partial charge in [-0.15, -0.1) is 0 Å². The van der Waals surface area contributed by atoms with Crippen molar-refractivity contribution >= 4 is 5.97 Å². The Morgan fingerprint density at radius 2 is 1.91 bits per heavy atom. The third-order valence-electron chi connectivity index (χ3n) is 4.35. The molecule has 0 aliphatic carbocycles. The summed E-state index contributed by atoms with van der Waals surface area (Å²) in [5, 5.41) is 9.97. The normalized spacial score (nSPS) is 21.5. The van der Waals surface area contributed by atoms with E-state index in [-0.39, 0.29) is 24.3 Å². The third-order valence-corrected chi connectivity index (χ3v) is 4.35. The highest BCUT2D eigenvalue weighted by Crippen LogP contribution is 2.29. The first kappa shape index (κ1) is 20.2. The zero-order chi connectivity index (χ0) is 16.9. The highest BCUT2D eigenvalue weighted by atomic mass is 16.6. The molecule has 1 fully saturated rings. The van der Waals surface area contributed by atoms with Gasteiger partial charge in [-0.05, 0) is 25.7 Å². The van der Waals surface area contributed by atoms with E-state index < -0.39 is 0 Å². The fraction of sp³-hybridized carbons (Fsp3) is 0.842. The summed E-state index contributed by atoms with van der Waals surface area (Å²) >= 11 is 0. The Hall–Kier alpha value is -0.870. The molecule has 4 nitrogen and oxygen atoms in total. The molecule has 0 bridgehead atoms. The summed E-state index contributed by atoms with van der Waals surface area (Å²) in [6, 6.07) is 0. The van der Waals surface area contributed by atoms with E-state index in [2.05, 4.69) is 23.8 Å². The van der Waals surface area contributed by atoms with E-state index in [1.54, 1.807) is 0 Å². The van der Waals surface area contributed by atoms with Crippen LogP contribution in [-0.4, -0.2) is 36.5 Å². The maximum absolute atomic E-state index is 10.9. The summed E-state index contributed by atoms with van der Waals surface area (Å²) in [7, 11) is 1.44. The van der Waals surface area contributed by atoms with E-state index in [1.165, 1.54) is 39.2 Å². The van der Waals surface area contributed by atoms with Crippen molar-refractivity contribution in [1.29, 1.82) is 0 Å². The fourth-order valence-corrected chi connectivity index (χ4v) is 2.76. The first-order valence-corrected chi connectivity index (χ1v) is 9.26. The Morgan fingerprint density at radius 1 is 1.17 bits per heavy atom. The Morgan fingerprint density at radius 3 is 2.65 bits per heavy atom. The van der Waals surface area contributed by atoms with Crippen LogP contribution in [0.1, 0.15) is 77.6 Å². The van der Waals surface area contributed by atoms with Crippen LogP contribution in [-0.2, 0) is 14.3 Å².